The summed E-state index contributed by atoms with van der Waals surface area (Å²) in [7, 11) is 2.96. The van der Waals surface area contributed by atoms with Gasteiger partial charge in [-0.25, -0.2) is 4.39 Å². The van der Waals surface area contributed by atoms with Gasteiger partial charge in [0.2, 0.25) is 0 Å². The first-order valence-corrected chi connectivity index (χ1v) is 8.80. The molecule has 3 rings (SSSR count). The zero-order chi connectivity index (χ0) is 20.3. The molecule has 1 N–H and O–H groups in total. The van der Waals surface area contributed by atoms with Crippen LogP contribution in [0.2, 0.25) is 5.02 Å². The van der Waals surface area contributed by atoms with Gasteiger partial charge in [-0.2, -0.15) is 0 Å². The van der Waals surface area contributed by atoms with Crippen molar-refractivity contribution in [2.75, 3.05) is 32.7 Å². The Morgan fingerprint density at radius 1 is 1.07 bits per heavy atom. The lowest BCUT2D eigenvalue weighted by molar-refractivity contribution is -0.137. The summed E-state index contributed by atoms with van der Waals surface area (Å²) in [6.45, 7) is 0.290. The molecule has 0 saturated carbocycles. The molecule has 0 aliphatic carbocycles. The van der Waals surface area contributed by atoms with E-state index in [4.69, 9.17) is 21.1 Å². The molecule has 0 atom stereocenters. The van der Waals surface area contributed by atoms with Crippen molar-refractivity contribution in [3.63, 3.8) is 0 Å². The molecule has 2 aromatic rings. The van der Waals surface area contributed by atoms with Crippen LogP contribution in [0.3, 0.4) is 0 Å². The van der Waals surface area contributed by atoms with E-state index in [0.29, 0.717) is 22.0 Å². The smallest absolute Gasteiger partial charge is 0.278 e. The molecule has 0 spiro atoms. The van der Waals surface area contributed by atoms with Crippen molar-refractivity contribution in [1.82, 2.24) is 4.90 Å². The number of methoxy groups -OCH3 is 2. The Morgan fingerprint density at radius 2 is 1.79 bits per heavy atom. The second-order valence-electron chi connectivity index (χ2n) is 5.98. The first-order chi connectivity index (χ1) is 13.5. The van der Waals surface area contributed by atoms with Crippen molar-refractivity contribution in [3.05, 3.63) is 64.6 Å². The molecule has 2 amide bonds. The van der Waals surface area contributed by atoms with E-state index in [1.54, 1.807) is 18.2 Å². The Bertz CT molecular complexity index is 944. The highest BCUT2D eigenvalue weighted by molar-refractivity contribution is 6.36. The molecule has 0 radical (unpaired) electrons. The molecular weight excluding hydrogens is 387 g/mol. The van der Waals surface area contributed by atoms with E-state index in [9.17, 15) is 14.0 Å². The molecule has 1 aliphatic heterocycles. The largest absolute Gasteiger partial charge is 0.495 e. The fourth-order valence-electron chi connectivity index (χ4n) is 2.87. The summed E-state index contributed by atoms with van der Waals surface area (Å²) in [5.74, 6) is -0.991. The number of nitrogens with one attached hydrogen (secondary N) is 1. The Kier molecular flexibility index (Phi) is 5.96. The zero-order valence-corrected chi connectivity index (χ0v) is 16.0. The van der Waals surface area contributed by atoms with Crippen LogP contribution in [0.4, 0.5) is 10.1 Å². The van der Waals surface area contributed by atoms with Crippen LogP contribution in [-0.4, -0.2) is 44.1 Å². The molecule has 1 heterocycles. The third-order valence-corrected chi connectivity index (χ3v) is 4.48. The van der Waals surface area contributed by atoms with Crippen molar-refractivity contribution >= 4 is 34.7 Å². The van der Waals surface area contributed by atoms with E-state index in [2.05, 4.69) is 5.32 Å². The maximum Gasteiger partial charge on any atom is 0.278 e. The van der Waals surface area contributed by atoms with Crippen molar-refractivity contribution < 1.29 is 23.5 Å². The van der Waals surface area contributed by atoms with Crippen molar-refractivity contribution in [1.29, 1.82) is 0 Å². The molecule has 0 saturated heterocycles. The molecule has 6 nitrogen and oxygen atoms in total. The number of hydrogen-bond acceptors (Lipinski definition) is 5. The molecule has 0 bridgehead atoms. The summed E-state index contributed by atoms with van der Waals surface area (Å²) in [6.07, 6.45) is 0. The third-order valence-electron chi connectivity index (χ3n) is 4.24. The summed E-state index contributed by atoms with van der Waals surface area (Å²) in [4.78, 5) is 27.0. The minimum Gasteiger partial charge on any atom is -0.495 e. The number of carbonyl (C=O) groups is 2. The maximum absolute atomic E-state index is 13.3. The Morgan fingerprint density at radius 3 is 2.43 bits per heavy atom. The Labute approximate surface area is 166 Å². The van der Waals surface area contributed by atoms with Gasteiger partial charge in [0.15, 0.2) is 0 Å². The number of hydrogen-bond donors (Lipinski definition) is 1. The van der Waals surface area contributed by atoms with Gasteiger partial charge in [0.05, 0.1) is 31.5 Å². The van der Waals surface area contributed by atoms with Crippen molar-refractivity contribution in [3.8, 4) is 5.75 Å². The predicted octanol–water partition coefficient (Wildman–Crippen LogP) is 3.33. The average Bonchev–Trinajstić information content (AvgIpc) is 2.91. The number of rotatable bonds is 7. The SMILES string of the molecule is COCCN1C(=O)C(Nc2cc(Cl)ccc2OC)=C(c2ccc(F)cc2)C1=O. The van der Waals surface area contributed by atoms with Gasteiger partial charge in [0.1, 0.15) is 17.3 Å². The number of amides is 2. The van der Waals surface area contributed by atoms with E-state index in [1.807, 2.05) is 0 Å². The van der Waals surface area contributed by atoms with E-state index in [-0.39, 0.29) is 24.4 Å². The fourth-order valence-corrected chi connectivity index (χ4v) is 3.05. The van der Waals surface area contributed by atoms with Crippen molar-refractivity contribution in [2.24, 2.45) is 0 Å². The second-order valence-corrected chi connectivity index (χ2v) is 6.42. The van der Waals surface area contributed by atoms with Crippen LogP contribution in [0.25, 0.3) is 5.57 Å². The van der Waals surface area contributed by atoms with E-state index in [1.165, 1.54) is 38.5 Å². The molecule has 146 valence electrons. The number of carbonyl (C=O) groups excluding carboxylic acids is 2. The standard InChI is InChI=1S/C20H18ClFN2O4/c1-27-10-9-24-19(25)17(12-3-6-14(22)7-4-12)18(20(24)26)23-15-11-13(21)5-8-16(15)28-2/h3-8,11,23H,9-10H2,1-2H3. The van der Waals surface area contributed by atoms with E-state index in [0.717, 1.165) is 4.90 Å². The Hall–Kier alpha value is -2.90. The maximum atomic E-state index is 13.3. The van der Waals surface area contributed by atoms with Crippen LogP contribution in [0, 0.1) is 5.82 Å². The quantitative estimate of drug-likeness (QED) is 0.717. The number of nitrogens with zero attached hydrogens (tertiary/aromatic N) is 1. The van der Waals surface area contributed by atoms with Gasteiger partial charge in [0.25, 0.3) is 11.8 Å². The van der Waals surface area contributed by atoms with Crippen LogP contribution >= 0.6 is 11.6 Å². The summed E-state index contributed by atoms with van der Waals surface area (Å²) < 4.78 is 23.6. The van der Waals surface area contributed by atoms with Gasteiger partial charge in [-0.3, -0.25) is 14.5 Å². The molecule has 1 aliphatic rings. The predicted molar refractivity (Wildman–Crippen MR) is 104 cm³/mol. The summed E-state index contributed by atoms with van der Waals surface area (Å²) in [5, 5.41) is 3.41. The number of anilines is 1. The normalized spacial score (nSPS) is 14.1. The van der Waals surface area contributed by atoms with Gasteiger partial charge < -0.3 is 14.8 Å². The lowest BCUT2D eigenvalue weighted by Crippen LogP contribution is -2.35. The third kappa shape index (κ3) is 3.85. The zero-order valence-electron chi connectivity index (χ0n) is 15.3. The van der Waals surface area contributed by atoms with Gasteiger partial charge in [-0.15, -0.1) is 0 Å². The fraction of sp³-hybridized carbons (Fsp3) is 0.200. The molecule has 0 unspecified atom stereocenters. The highest BCUT2D eigenvalue weighted by atomic mass is 35.5. The first-order valence-electron chi connectivity index (χ1n) is 8.42. The summed E-state index contributed by atoms with van der Waals surface area (Å²) in [6, 6.07) is 10.2. The highest BCUT2D eigenvalue weighted by Gasteiger charge is 2.39. The van der Waals surface area contributed by atoms with Gasteiger partial charge >= 0.3 is 0 Å². The summed E-state index contributed by atoms with van der Waals surface area (Å²) >= 11 is 6.06. The monoisotopic (exact) mass is 404 g/mol. The van der Waals surface area contributed by atoms with Gasteiger partial charge in [0, 0.05) is 12.1 Å². The van der Waals surface area contributed by atoms with Crippen LogP contribution in [-0.2, 0) is 14.3 Å². The highest BCUT2D eigenvalue weighted by Crippen LogP contribution is 2.34. The van der Waals surface area contributed by atoms with Crippen LogP contribution in [0.15, 0.2) is 48.2 Å². The molecule has 0 fully saturated rings. The minimum atomic E-state index is -0.511. The lowest BCUT2D eigenvalue weighted by Gasteiger charge is -2.15. The second kappa shape index (κ2) is 8.41. The molecule has 0 aromatic heterocycles. The van der Waals surface area contributed by atoms with Crippen LogP contribution < -0.4 is 10.1 Å². The first kappa shape index (κ1) is 19.9. The molecule has 28 heavy (non-hydrogen) atoms. The van der Waals surface area contributed by atoms with Crippen LogP contribution in [0.1, 0.15) is 5.56 Å². The van der Waals surface area contributed by atoms with E-state index >= 15 is 0 Å². The van der Waals surface area contributed by atoms with Gasteiger partial charge in [-0.1, -0.05) is 23.7 Å². The lowest BCUT2D eigenvalue weighted by atomic mass is 10.0. The topological polar surface area (TPSA) is 67.9 Å². The number of benzene rings is 2. The van der Waals surface area contributed by atoms with E-state index < -0.39 is 17.6 Å². The molecule has 2 aromatic carbocycles. The molecule has 8 heteroatoms. The number of imide groups is 1. The van der Waals surface area contributed by atoms with Crippen molar-refractivity contribution in [2.45, 2.75) is 0 Å². The number of ether oxygens (including phenoxy) is 2. The number of halogens is 2. The summed E-state index contributed by atoms with van der Waals surface area (Å²) in [5.41, 5.74) is 1.05. The Balaban J connectivity index is 2.08. The average molecular weight is 405 g/mol. The van der Waals surface area contributed by atoms with Gasteiger partial charge in [-0.05, 0) is 35.9 Å². The minimum absolute atomic E-state index is 0.0632. The molecular formula is C20H18ClFN2O4. The van der Waals surface area contributed by atoms with Crippen LogP contribution in [0.5, 0.6) is 5.75 Å².